The Morgan fingerprint density at radius 3 is 2.60 bits per heavy atom. The molecule has 0 bridgehead atoms. The molecule has 1 amide bonds. The van der Waals surface area contributed by atoms with Crippen LogP contribution in [0.25, 0.3) is 0 Å². The van der Waals surface area contributed by atoms with Gasteiger partial charge in [-0.2, -0.15) is 5.10 Å². The van der Waals surface area contributed by atoms with E-state index in [0.29, 0.717) is 34.8 Å². The van der Waals surface area contributed by atoms with E-state index in [-0.39, 0.29) is 11.3 Å². The molecular weight excluding hydrogens is 322 g/mol. The predicted octanol–water partition coefficient (Wildman–Crippen LogP) is 2.67. The molecule has 0 saturated carbocycles. The number of amides is 1. The lowest BCUT2D eigenvalue weighted by Crippen LogP contribution is -2.19. The maximum absolute atomic E-state index is 12.1. The van der Waals surface area contributed by atoms with E-state index < -0.39 is 11.9 Å². The number of aromatic nitrogens is 1. The van der Waals surface area contributed by atoms with Crippen molar-refractivity contribution in [2.45, 2.75) is 27.7 Å². The van der Waals surface area contributed by atoms with Crippen molar-refractivity contribution in [1.29, 1.82) is 0 Å². The van der Waals surface area contributed by atoms with Crippen LogP contribution in [-0.2, 0) is 4.74 Å². The summed E-state index contributed by atoms with van der Waals surface area (Å²) in [7, 11) is 0. The first-order chi connectivity index (χ1) is 11.9. The number of hydrogen-bond donors (Lipinski definition) is 3. The van der Waals surface area contributed by atoms with Gasteiger partial charge in [0.25, 0.3) is 5.91 Å². The van der Waals surface area contributed by atoms with Gasteiger partial charge in [0.2, 0.25) is 0 Å². The van der Waals surface area contributed by atoms with Gasteiger partial charge in [-0.05, 0) is 45.4 Å². The van der Waals surface area contributed by atoms with Crippen LogP contribution in [0.2, 0.25) is 0 Å². The molecular formula is C18H21N3O4. The van der Waals surface area contributed by atoms with Gasteiger partial charge >= 0.3 is 5.97 Å². The number of aromatic hydroxyl groups is 1. The fourth-order valence-corrected chi connectivity index (χ4v) is 2.54. The molecule has 1 aromatic carbocycles. The standard InChI is InChI=1S/C18H21N3O4/c1-5-25-18(24)15-10(2)16(19-11(15)3)12(4)20-21-17(23)13-8-6-7-9-14(13)22/h6-9,19,22H,5H2,1-4H3,(H,21,23)/b20-12+. The molecule has 0 aliphatic heterocycles. The van der Waals surface area contributed by atoms with Crippen molar-refractivity contribution in [1.82, 2.24) is 10.4 Å². The number of carbonyl (C=O) groups is 2. The van der Waals surface area contributed by atoms with Crippen LogP contribution < -0.4 is 5.43 Å². The summed E-state index contributed by atoms with van der Waals surface area (Å²) < 4.78 is 5.06. The lowest BCUT2D eigenvalue weighted by atomic mass is 10.1. The fourth-order valence-electron chi connectivity index (χ4n) is 2.54. The maximum Gasteiger partial charge on any atom is 0.340 e. The average Bonchev–Trinajstić information content (AvgIpc) is 2.87. The van der Waals surface area contributed by atoms with Crippen LogP contribution in [0.15, 0.2) is 29.4 Å². The van der Waals surface area contributed by atoms with Crippen LogP contribution in [0.1, 0.15) is 51.5 Å². The van der Waals surface area contributed by atoms with E-state index in [1.807, 2.05) is 0 Å². The van der Waals surface area contributed by atoms with Gasteiger partial charge in [-0.15, -0.1) is 0 Å². The second-order valence-electron chi connectivity index (χ2n) is 5.50. The van der Waals surface area contributed by atoms with E-state index in [1.54, 1.807) is 39.8 Å². The Kier molecular flexibility index (Phi) is 5.59. The number of ether oxygens (including phenoxy) is 1. The van der Waals surface area contributed by atoms with Crippen molar-refractivity contribution in [3.8, 4) is 5.75 Å². The Hall–Kier alpha value is -3.09. The molecule has 1 heterocycles. The molecule has 7 nitrogen and oxygen atoms in total. The van der Waals surface area contributed by atoms with E-state index in [2.05, 4.69) is 15.5 Å². The molecule has 25 heavy (non-hydrogen) atoms. The summed E-state index contributed by atoms with van der Waals surface area (Å²) in [6.45, 7) is 7.31. The molecule has 3 N–H and O–H groups in total. The number of esters is 1. The molecule has 132 valence electrons. The zero-order chi connectivity index (χ0) is 18.6. The first-order valence-electron chi connectivity index (χ1n) is 7.86. The van der Waals surface area contributed by atoms with Gasteiger partial charge in [0.15, 0.2) is 0 Å². The maximum atomic E-state index is 12.1. The summed E-state index contributed by atoms with van der Waals surface area (Å²) >= 11 is 0. The summed E-state index contributed by atoms with van der Waals surface area (Å²) in [5.41, 5.74) is 5.52. The Labute approximate surface area is 145 Å². The second-order valence-corrected chi connectivity index (χ2v) is 5.50. The Bertz CT molecular complexity index is 837. The molecule has 0 aliphatic carbocycles. The molecule has 0 unspecified atom stereocenters. The Morgan fingerprint density at radius 1 is 1.28 bits per heavy atom. The van der Waals surface area contributed by atoms with Crippen molar-refractivity contribution in [3.05, 3.63) is 52.3 Å². The highest BCUT2D eigenvalue weighted by Gasteiger charge is 2.20. The van der Waals surface area contributed by atoms with Crippen LogP contribution in [0, 0.1) is 13.8 Å². The van der Waals surface area contributed by atoms with Crippen LogP contribution in [-0.4, -0.2) is 34.3 Å². The highest BCUT2D eigenvalue weighted by atomic mass is 16.5. The second kappa shape index (κ2) is 7.65. The normalized spacial score (nSPS) is 11.3. The minimum Gasteiger partial charge on any atom is -0.507 e. The van der Waals surface area contributed by atoms with Gasteiger partial charge in [0.1, 0.15) is 5.75 Å². The molecule has 0 spiro atoms. The monoisotopic (exact) mass is 343 g/mol. The third-order valence-electron chi connectivity index (χ3n) is 3.75. The topological polar surface area (TPSA) is 104 Å². The average molecular weight is 343 g/mol. The quantitative estimate of drug-likeness (QED) is 0.441. The highest BCUT2D eigenvalue weighted by Crippen LogP contribution is 2.20. The number of para-hydroxylation sites is 1. The van der Waals surface area contributed by atoms with Crippen LogP contribution >= 0.6 is 0 Å². The van der Waals surface area contributed by atoms with Gasteiger partial charge in [-0.25, -0.2) is 10.2 Å². The molecule has 0 atom stereocenters. The van der Waals surface area contributed by atoms with Crippen molar-refractivity contribution < 1.29 is 19.4 Å². The largest absolute Gasteiger partial charge is 0.507 e. The van der Waals surface area contributed by atoms with Crippen LogP contribution in [0.3, 0.4) is 0 Å². The van der Waals surface area contributed by atoms with Gasteiger partial charge in [-0.1, -0.05) is 12.1 Å². The first kappa shape index (κ1) is 18.3. The summed E-state index contributed by atoms with van der Waals surface area (Å²) in [5, 5.41) is 13.7. The summed E-state index contributed by atoms with van der Waals surface area (Å²) in [4.78, 5) is 27.2. The zero-order valence-electron chi connectivity index (χ0n) is 14.6. The number of aromatic amines is 1. The molecule has 0 aliphatic rings. The number of nitrogens with zero attached hydrogens (tertiary/aromatic N) is 1. The molecule has 0 radical (unpaired) electrons. The first-order valence-corrected chi connectivity index (χ1v) is 7.86. The minimum absolute atomic E-state index is 0.121. The summed E-state index contributed by atoms with van der Waals surface area (Å²) in [5.74, 6) is -1.04. The lowest BCUT2D eigenvalue weighted by Gasteiger charge is -2.05. The smallest absolute Gasteiger partial charge is 0.340 e. The summed E-state index contributed by atoms with van der Waals surface area (Å²) in [6, 6.07) is 6.20. The summed E-state index contributed by atoms with van der Waals surface area (Å²) in [6.07, 6.45) is 0. The number of benzene rings is 1. The van der Waals surface area contributed by atoms with Gasteiger partial charge in [-0.3, -0.25) is 4.79 Å². The molecule has 7 heteroatoms. The lowest BCUT2D eigenvalue weighted by molar-refractivity contribution is 0.0524. The molecule has 0 fully saturated rings. The minimum atomic E-state index is -0.524. The number of aryl methyl sites for hydroxylation is 1. The van der Waals surface area contributed by atoms with Crippen molar-refractivity contribution in [2.24, 2.45) is 5.10 Å². The van der Waals surface area contributed by atoms with Gasteiger partial charge in [0.05, 0.1) is 29.1 Å². The van der Waals surface area contributed by atoms with Gasteiger partial charge in [0, 0.05) is 5.69 Å². The molecule has 2 aromatic rings. The number of phenolic OH excluding ortho intramolecular Hbond substituents is 1. The number of hydrogen-bond acceptors (Lipinski definition) is 5. The Morgan fingerprint density at radius 2 is 1.96 bits per heavy atom. The number of phenols is 1. The van der Waals surface area contributed by atoms with Crippen molar-refractivity contribution in [2.75, 3.05) is 6.61 Å². The molecule has 2 rings (SSSR count). The highest BCUT2D eigenvalue weighted by molar-refractivity contribution is 6.04. The zero-order valence-corrected chi connectivity index (χ0v) is 14.6. The predicted molar refractivity (Wildman–Crippen MR) is 94.0 cm³/mol. The van der Waals surface area contributed by atoms with E-state index in [1.165, 1.54) is 12.1 Å². The van der Waals surface area contributed by atoms with Crippen LogP contribution in [0.5, 0.6) is 5.75 Å². The van der Waals surface area contributed by atoms with E-state index in [4.69, 9.17) is 4.74 Å². The van der Waals surface area contributed by atoms with Crippen LogP contribution in [0.4, 0.5) is 0 Å². The van der Waals surface area contributed by atoms with E-state index >= 15 is 0 Å². The van der Waals surface area contributed by atoms with Crippen molar-refractivity contribution in [3.63, 3.8) is 0 Å². The van der Waals surface area contributed by atoms with E-state index in [0.717, 1.165) is 0 Å². The molecule has 1 aromatic heterocycles. The third kappa shape index (κ3) is 3.88. The number of H-pyrrole nitrogens is 1. The Balaban J connectivity index is 2.23. The number of rotatable bonds is 5. The number of carbonyl (C=O) groups excluding carboxylic acids is 2. The SMILES string of the molecule is CCOC(=O)c1c(C)[nH]c(/C(C)=N/NC(=O)c2ccccc2O)c1C. The van der Waals surface area contributed by atoms with Crippen molar-refractivity contribution >= 4 is 17.6 Å². The number of hydrazone groups is 1. The van der Waals surface area contributed by atoms with Gasteiger partial charge < -0.3 is 14.8 Å². The number of nitrogens with one attached hydrogen (secondary N) is 2. The third-order valence-corrected chi connectivity index (χ3v) is 3.75. The fraction of sp³-hybridized carbons (Fsp3) is 0.278. The van der Waals surface area contributed by atoms with E-state index in [9.17, 15) is 14.7 Å². The molecule has 0 saturated heterocycles.